The summed E-state index contributed by atoms with van der Waals surface area (Å²) in [6.45, 7) is 2.43. The van der Waals surface area contributed by atoms with Crippen molar-refractivity contribution in [3.05, 3.63) is 41.9 Å². The van der Waals surface area contributed by atoms with E-state index >= 15 is 0 Å². The van der Waals surface area contributed by atoms with Gasteiger partial charge in [0.15, 0.2) is 17.1 Å². The van der Waals surface area contributed by atoms with Crippen molar-refractivity contribution < 1.29 is 18.7 Å². The second-order valence-corrected chi connectivity index (χ2v) is 6.52. The van der Waals surface area contributed by atoms with Gasteiger partial charge in [-0.1, -0.05) is 5.16 Å². The van der Waals surface area contributed by atoms with Crippen LogP contribution in [0.4, 0.5) is 0 Å². The van der Waals surface area contributed by atoms with Gasteiger partial charge in [-0.3, -0.25) is 4.98 Å². The summed E-state index contributed by atoms with van der Waals surface area (Å²) < 4.78 is 23.4. The maximum atomic E-state index is 8.55. The number of pyridine rings is 1. The Morgan fingerprint density at radius 3 is 2.81 bits per heavy atom. The summed E-state index contributed by atoms with van der Waals surface area (Å²) in [4.78, 5) is 4.33. The third-order valence-electron chi connectivity index (χ3n) is 4.26. The minimum Gasteiger partial charge on any atom is -0.492 e. The molecular formula is C20H19N7O4. The lowest BCUT2D eigenvalue weighted by Crippen LogP contribution is -2.05. The second kappa shape index (κ2) is 9.08. The van der Waals surface area contributed by atoms with E-state index < -0.39 is 0 Å². The van der Waals surface area contributed by atoms with Gasteiger partial charge in [-0.05, 0) is 25.5 Å². The molecule has 0 bridgehead atoms. The number of aromatic nitrogens is 6. The number of fused-ring (bicyclic) bond motifs is 1. The van der Waals surface area contributed by atoms with E-state index in [1.165, 1.54) is 11.6 Å². The number of aryl methyl sites for hydroxylation is 1. The summed E-state index contributed by atoms with van der Waals surface area (Å²) in [5.41, 5.74) is 1.68. The van der Waals surface area contributed by atoms with Crippen LogP contribution in [-0.4, -0.2) is 43.7 Å². The summed E-state index contributed by atoms with van der Waals surface area (Å²) >= 11 is 0. The molecule has 158 valence electrons. The molecule has 0 aliphatic rings. The van der Waals surface area contributed by atoms with Gasteiger partial charge >= 0.3 is 0 Å². The summed E-state index contributed by atoms with van der Waals surface area (Å²) in [7, 11) is 1.52. The monoisotopic (exact) mass is 421 g/mol. The standard InChI is InChI=1S/C20H19N7O4/c1-13-9-16(26-31-13)19-24-23-18-10-17(28-2)20(25-27(18)19)30-12-14-5-6-15(11-22-14)29-8-4-3-7-21/h5-6,9-11H,3-4,8,12H2,1-2H3. The minimum absolute atomic E-state index is 0.171. The lowest BCUT2D eigenvalue weighted by molar-refractivity contribution is 0.263. The number of methoxy groups -OCH3 is 1. The number of hydrogen-bond donors (Lipinski definition) is 0. The fourth-order valence-corrected chi connectivity index (χ4v) is 2.74. The van der Waals surface area contributed by atoms with Gasteiger partial charge in [0, 0.05) is 18.6 Å². The van der Waals surface area contributed by atoms with Crippen molar-refractivity contribution in [2.24, 2.45) is 0 Å². The number of rotatable bonds is 9. The Balaban J connectivity index is 1.49. The van der Waals surface area contributed by atoms with Crippen LogP contribution in [0.15, 0.2) is 35.0 Å². The summed E-state index contributed by atoms with van der Waals surface area (Å²) in [5, 5.41) is 25.2. The van der Waals surface area contributed by atoms with Crippen LogP contribution >= 0.6 is 0 Å². The van der Waals surface area contributed by atoms with Crippen molar-refractivity contribution in [1.29, 1.82) is 5.26 Å². The van der Waals surface area contributed by atoms with Gasteiger partial charge in [0.25, 0.3) is 5.88 Å². The maximum Gasteiger partial charge on any atom is 0.275 e. The molecule has 0 fully saturated rings. The van der Waals surface area contributed by atoms with Gasteiger partial charge in [-0.2, -0.15) is 9.78 Å². The molecule has 0 aliphatic heterocycles. The summed E-state index contributed by atoms with van der Waals surface area (Å²) in [5.74, 6) is 2.39. The number of nitrogens with zero attached hydrogens (tertiary/aromatic N) is 7. The van der Waals surface area contributed by atoms with Gasteiger partial charge in [0.1, 0.15) is 18.1 Å². The van der Waals surface area contributed by atoms with E-state index in [4.69, 9.17) is 24.0 Å². The fourth-order valence-electron chi connectivity index (χ4n) is 2.74. The molecule has 0 aromatic carbocycles. The molecule has 0 atom stereocenters. The van der Waals surface area contributed by atoms with Crippen LogP contribution in [-0.2, 0) is 6.61 Å². The van der Waals surface area contributed by atoms with Gasteiger partial charge in [0.05, 0.1) is 31.7 Å². The van der Waals surface area contributed by atoms with Crippen LogP contribution in [0.3, 0.4) is 0 Å². The SMILES string of the molecule is COc1cc2nnc(-c3cc(C)on3)n2nc1OCc1ccc(OCCCC#N)cn1. The molecule has 0 saturated heterocycles. The Kier molecular flexibility index (Phi) is 5.89. The van der Waals surface area contributed by atoms with Gasteiger partial charge < -0.3 is 18.7 Å². The fraction of sp³-hybridized carbons (Fsp3) is 0.300. The van der Waals surface area contributed by atoms with Crippen molar-refractivity contribution in [2.75, 3.05) is 13.7 Å². The zero-order chi connectivity index (χ0) is 21.6. The van der Waals surface area contributed by atoms with E-state index in [1.807, 2.05) is 0 Å². The summed E-state index contributed by atoms with van der Waals surface area (Å²) in [6, 6.07) is 9.11. The smallest absolute Gasteiger partial charge is 0.275 e. The van der Waals surface area contributed by atoms with Crippen molar-refractivity contribution in [3.8, 4) is 35.0 Å². The van der Waals surface area contributed by atoms with E-state index in [1.54, 1.807) is 37.4 Å². The Hall–Kier alpha value is -4.20. The third kappa shape index (κ3) is 4.53. The Morgan fingerprint density at radius 2 is 2.10 bits per heavy atom. The first-order chi connectivity index (χ1) is 15.2. The highest BCUT2D eigenvalue weighted by Gasteiger charge is 2.17. The molecule has 0 radical (unpaired) electrons. The predicted octanol–water partition coefficient (Wildman–Crippen LogP) is 2.75. The molecule has 0 aliphatic carbocycles. The Bertz CT molecular complexity index is 1210. The summed E-state index contributed by atoms with van der Waals surface area (Å²) in [6.07, 6.45) is 2.75. The second-order valence-electron chi connectivity index (χ2n) is 6.52. The van der Waals surface area contributed by atoms with Gasteiger partial charge in [-0.15, -0.1) is 15.3 Å². The largest absolute Gasteiger partial charge is 0.492 e. The molecule has 4 aromatic heterocycles. The van der Waals surface area contributed by atoms with Crippen molar-refractivity contribution in [3.63, 3.8) is 0 Å². The highest BCUT2D eigenvalue weighted by Crippen LogP contribution is 2.28. The van der Waals surface area contributed by atoms with Gasteiger partial charge in [0.2, 0.25) is 5.82 Å². The molecule has 4 aromatic rings. The van der Waals surface area contributed by atoms with E-state index in [2.05, 4.69) is 31.5 Å². The Morgan fingerprint density at radius 1 is 1.19 bits per heavy atom. The van der Waals surface area contributed by atoms with Gasteiger partial charge in [-0.25, -0.2) is 0 Å². The third-order valence-corrected chi connectivity index (χ3v) is 4.26. The minimum atomic E-state index is 0.171. The molecule has 0 N–H and O–H groups in total. The first-order valence-electron chi connectivity index (χ1n) is 9.49. The molecule has 11 nitrogen and oxygen atoms in total. The maximum absolute atomic E-state index is 8.55. The zero-order valence-electron chi connectivity index (χ0n) is 17.0. The van der Waals surface area contributed by atoms with Crippen molar-refractivity contribution in [1.82, 2.24) is 30.0 Å². The lowest BCUT2D eigenvalue weighted by Gasteiger charge is -2.10. The Labute approximate surface area is 177 Å². The van der Waals surface area contributed by atoms with E-state index in [0.717, 1.165) is 0 Å². The van der Waals surface area contributed by atoms with E-state index in [0.29, 0.717) is 59.6 Å². The molecule has 0 unspecified atom stereocenters. The van der Waals surface area contributed by atoms with Crippen LogP contribution in [0.2, 0.25) is 0 Å². The van der Waals surface area contributed by atoms with Crippen LogP contribution in [0.25, 0.3) is 17.2 Å². The molecule has 0 amide bonds. The highest BCUT2D eigenvalue weighted by atomic mass is 16.5. The average Bonchev–Trinajstić information content (AvgIpc) is 3.40. The quantitative estimate of drug-likeness (QED) is 0.371. The molecule has 4 heterocycles. The molecular weight excluding hydrogens is 402 g/mol. The topological polar surface area (TPSA) is 133 Å². The van der Waals surface area contributed by atoms with Crippen molar-refractivity contribution in [2.45, 2.75) is 26.4 Å². The van der Waals surface area contributed by atoms with Crippen LogP contribution in [0.5, 0.6) is 17.4 Å². The van der Waals surface area contributed by atoms with Crippen LogP contribution < -0.4 is 14.2 Å². The normalized spacial score (nSPS) is 10.7. The van der Waals surface area contributed by atoms with Crippen molar-refractivity contribution >= 4 is 5.65 Å². The number of nitriles is 1. The molecule has 4 rings (SSSR count). The number of unbranched alkanes of at least 4 members (excludes halogenated alkanes) is 1. The molecule has 11 heteroatoms. The van der Waals surface area contributed by atoms with Crippen LogP contribution in [0.1, 0.15) is 24.3 Å². The molecule has 31 heavy (non-hydrogen) atoms. The van der Waals surface area contributed by atoms with E-state index in [-0.39, 0.29) is 12.5 Å². The van der Waals surface area contributed by atoms with Crippen LogP contribution in [0, 0.1) is 18.3 Å². The molecule has 0 spiro atoms. The lowest BCUT2D eigenvalue weighted by atomic mass is 10.3. The number of hydrogen-bond acceptors (Lipinski definition) is 10. The first kappa shape index (κ1) is 20.1. The predicted molar refractivity (Wildman–Crippen MR) is 106 cm³/mol. The average molecular weight is 421 g/mol. The first-order valence-corrected chi connectivity index (χ1v) is 9.49. The number of ether oxygens (including phenoxy) is 3. The molecule has 0 saturated carbocycles. The highest BCUT2D eigenvalue weighted by molar-refractivity contribution is 5.56. The van der Waals surface area contributed by atoms with E-state index in [9.17, 15) is 0 Å². The zero-order valence-corrected chi connectivity index (χ0v) is 17.0.